The Bertz CT molecular complexity index is 302. The zero-order valence-electron chi connectivity index (χ0n) is 7.97. The number of halogens is 1. The summed E-state index contributed by atoms with van der Waals surface area (Å²) in [5.41, 5.74) is 1.58. The van der Waals surface area contributed by atoms with Gasteiger partial charge in [0.05, 0.1) is 0 Å². The molecular weight excluding hydrogens is 182 g/mol. The molecule has 1 fully saturated rings. The first kappa shape index (κ1) is 9.04. The normalized spacial score (nSPS) is 31.8. The predicted molar refractivity (Wildman–Crippen MR) is 56.0 cm³/mol. The molecule has 70 valence electrons. The van der Waals surface area contributed by atoms with Gasteiger partial charge in [0, 0.05) is 10.6 Å². The molecule has 0 saturated heterocycles. The van der Waals surface area contributed by atoms with Gasteiger partial charge in [0.15, 0.2) is 0 Å². The van der Waals surface area contributed by atoms with Crippen molar-refractivity contribution >= 4 is 11.6 Å². The zero-order valence-corrected chi connectivity index (χ0v) is 8.73. The molecule has 2 unspecified atom stereocenters. The van der Waals surface area contributed by atoms with Crippen molar-refractivity contribution in [2.75, 3.05) is 7.05 Å². The highest BCUT2D eigenvalue weighted by Crippen LogP contribution is 2.51. The van der Waals surface area contributed by atoms with Crippen LogP contribution in [0.1, 0.15) is 18.9 Å². The molecule has 1 aliphatic rings. The number of rotatable bonds is 2. The molecule has 1 aliphatic carbocycles. The number of nitrogens with one attached hydrogen (secondary N) is 1. The van der Waals surface area contributed by atoms with Crippen molar-refractivity contribution in [2.24, 2.45) is 5.92 Å². The van der Waals surface area contributed by atoms with E-state index in [-0.39, 0.29) is 5.54 Å². The fourth-order valence-electron chi connectivity index (χ4n) is 2.07. The van der Waals surface area contributed by atoms with Crippen molar-refractivity contribution in [1.82, 2.24) is 5.32 Å². The van der Waals surface area contributed by atoms with Crippen LogP contribution in [-0.4, -0.2) is 7.05 Å². The van der Waals surface area contributed by atoms with Gasteiger partial charge < -0.3 is 5.32 Å². The van der Waals surface area contributed by atoms with Gasteiger partial charge in [0.25, 0.3) is 0 Å². The molecule has 0 radical (unpaired) electrons. The molecule has 1 N–H and O–H groups in total. The molecule has 0 bridgehead atoms. The summed E-state index contributed by atoms with van der Waals surface area (Å²) in [5, 5.41) is 4.20. The smallest absolute Gasteiger partial charge is 0.0462 e. The van der Waals surface area contributed by atoms with Crippen LogP contribution < -0.4 is 5.32 Å². The van der Waals surface area contributed by atoms with Crippen LogP contribution in [0, 0.1) is 5.92 Å². The molecule has 0 aliphatic heterocycles. The monoisotopic (exact) mass is 195 g/mol. The summed E-state index contributed by atoms with van der Waals surface area (Å²) in [7, 11) is 2.03. The molecule has 13 heavy (non-hydrogen) atoms. The van der Waals surface area contributed by atoms with E-state index < -0.39 is 0 Å². The highest BCUT2D eigenvalue weighted by atomic mass is 35.5. The lowest BCUT2D eigenvalue weighted by Crippen LogP contribution is -2.26. The van der Waals surface area contributed by atoms with Gasteiger partial charge in [-0.15, -0.1) is 0 Å². The summed E-state index contributed by atoms with van der Waals surface area (Å²) < 4.78 is 0. The molecule has 2 rings (SSSR count). The molecule has 0 heterocycles. The number of hydrogen-bond acceptors (Lipinski definition) is 1. The Hall–Kier alpha value is -0.530. The second kappa shape index (κ2) is 3.00. The van der Waals surface area contributed by atoms with Crippen LogP contribution in [0.3, 0.4) is 0 Å². The van der Waals surface area contributed by atoms with Crippen molar-refractivity contribution in [2.45, 2.75) is 18.9 Å². The topological polar surface area (TPSA) is 12.0 Å². The summed E-state index contributed by atoms with van der Waals surface area (Å²) in [5.74, 6) is 0.735. The lowest BCUT2D eigenvalue weighted by atomic mass is 10.0. The van der Waals surface area contributed by atoms with Gasteiger partial charge in [0.1, 0.15) is 0 Å². The molecule has 0 aromatic heterocycles. The Morgan fingerprint density at radius 3 is 2.31 bits per heavy atom. The Labute approximate surface area is 84.1 Å². The van der Waals surface area contributed by atoms with Crippen molar-refractivity contribution in [3.63, 3.8) is 0 Å². The SMILES string of the molecule is CNC1(c2ccc(Cl)cc2)CC1C. The van der Waals surface area contributed by atoms with Gasteiger partial charge in [-0.1, -0.05) is 30.7 Å². The van der Waals surface area contributed by atoms with Crippen molar-refractivity contribution in [1.29, 1.82) is 0 Å². The molecule has 2 heteroatoms. The fraction of sp³-hybridized carbons (Fsp3) is 0.455. The highest BCUT2D eigenvalue weighted by molar-refractivity contribution is 6.30. The minimum Gasteiger partial charge on any atom is -0.310 e. The first-order valence-corrected chi connectivity index (χ1v) is 5.02. The van der Waals surface area contributed by atoms with E-state index in [4.69, 9.17) is 11.6 Å². The molecular formula is C11H14ClN. The van der Waals surface area contributed by atoms with Crippen molar-refractivity contribution in [3.8, 4) is 0 Å². The standard InChI is InChI=1S/C11H14ClN/c1-8-7-11(8,13-2)9-3-5-10(12)6-4-9/h3-6,8,13H,7H2,1-2H3. The molecule has 1 aromatic carbocycles. The van der Waals surface area contributed by atoms with Crippen LogP contribution in [0.4, 0.5) is 0 Å². The highest BCUT2D eigenvalue weighted by Gasteiger charge is 2.50. The summed E-state index contributed by atoms with van der Waals surface area (Å²) in [6, 6.07) is 8.15. The number of benzene rings is 1. The van der Waals surface area contributed by atoms with E-state index in [1.165, 1.54) is 12.0 Å². The van der Waals surface area contributed by atoms with Gasteiger partial charge in [-0.05, 0) is 37.1 Å². The Balaban J connectivity index is 2.31. The number of hydrogen-bond donors (Lipinski definition) is 1. The van der Waals surface area contributed by atoms with Crippen LogP contribution in [0.5, 0.6) is 0 Å². The third-order valence-corrected chi connectivity index (χ3v) is 3.37. The first-order chi connectivity index (χ1) is 6.19. The molecule has 2 atom stereocenters. The Kier molecular flexibility index (Phi) is 2.09. The van der Waals surface area contributed by atoms with E-state index >= 15 is 0 Å². The lowest BCUT2D eigenvalue weighted by Gasteiger charge is -2.16. The fourth-order valence-corrected chi connectivity index (χ4v) is 2.19. The van der Waals surface area contributed by atoms with E-state index in [1.807, 2.05) is 19.2 Å². The molecule has 1 aromatic rings. The lowest BCUT2D eigenvalue weighted by molar-refractivity contribution is 0.539. The maximum atomic E-state index is 5.84. The average Bonchev–Trinajstić information content (AvgIpc) is 2.79. The first-order valence-electron chi connectivity index (χ1n) is 4.64. The largest absolute Gasteiger partial charge is 0.310 e. The van der Waals surface area contributed by atoms with E-state index in [0.717, 1.165) is 10.9 Å². The third kappa shape index (κ3) is 1.36. The van der Waals surface area contributed by atoms with Gasteiger partial charge in [-0.2, -0.15) is 0 Å². The zero-order chi connectivity index (χ0) is 9.47. The summed E-state index contributed by atoms with van der Waals surface area (Å²) in [6.45, 7) is 2.27. The van der Waals surface area contributed by atoms with E-state index in [2.05, 4.69) is 24.4 Å². The maximum absolute atomic E-state index is 5.84. The minimum atomic E-state index is 0.227. The van der Waals surface area contributed by atoms with Gasteiger partial charge in [0.2, 0.25) is 0 Å². The Morgan fingerprint density at radius 1 is 1.38 bits per heavy atom. The molecule has 1 nitrogen and oxygen atoms in total. The second-order valence-corrected chi connectivity index (χ2v) is 4.27. The van der Waals surface area contributed by atoms with Crippen LogP contribution in [0.2, 0.25) is 5.02 Å². The Morgan fingerprint density at radius 2 is 1.92 bits per heavy atom. The second-order valence-electron chi connectivity index (χ2n) is 3.83. The van der Waals surface area contributed by atoms with Gasteiger partial charge in [-0.3, -0.25) is 0 Å². The molecule has 1 saturated carbocycles. The summed E-state index contributed by atoms with van der Waals surface area (Å²) in [6.07, 6.45) is 1.23. The average molecular weight is 196 g/mol. The van der Waals surface area contributed by atoms with E-state index in [9.17, 15) is 0 Å². The van der Waals surface area contributed by atoms with Crippen LogP contribution >= 0.6 is 11.6 Å². The predicted octanol–water partition coefficient (Wildman–Crippen LogP) is 2.79. The van der Waals surface area contributed by atoms with Crippen LogP contribution in [-0.2, 0) is 5.54 Å². The quantitative estimate of drug-likeness (QED) is 0.766. The third-order valence-electron chi connectivity index (χ3n) is 3.11. The van der Waals surface area contributed by atoms with Gasteiger partial charge >= 0.3 is 0 Å². The molecule has 0 amide bonds. The van der Waals surface area contributed by atoms with Crippen LogP contribution in [0.25, 0.3) is 0 Å². The summed E-state index contributed by atoms with van der Waals surface area (Å²) >= 11 is 5.84. The summed E-state index contributed by atoms with van der Waals surface area (Å²) in [4.78, 5) is 0. The maximum Gasteiger partial charge on any atom is 0.0462 e. The minimum absolute atomic E-state index is 0.227. The van der Waals surface area contributed by atoms with Gasteiger partial charge in [-0.25, -0.2) is 0 Å². The van der Waals surface area contributed by atoms with Crippen molar-refractivity contribution in [3.05, 3.63) is 34.9 Å². The molecule has 0 spiro atoms. The van der Waals surface area contributed by atoms with Crippen LogP contribution in [0.15, 0.2) is 24.3 Å². The van der Waals surface area contributed by atoms with E-state index in [1.54, 1.807) is 0 Å². The van der Waals surface area contributed by atoms with E-state index in [0.29, 0.717) is 0 Å². The van der Waals surface area contributed by atoms with Crippen molar-refractivity contribution < 1.29 is 0 Å².